The van der Waals surface area contributed by atoms with Gasteiger partial charge in [0.1, 0.15) is 11.6 Å². The van der Waals surface area contributed by atoms with Crippen molar-refractivity contribution in [3.63, 3.8) is 0 Å². The van der Waals surface area contributed by atoms with Crippen molar-refractivity contribution in [1.29, 1.82) is 0 Å². The maximum absolute atomic E-state index is 14.5. The Morgan fingerprint density at radius 3 is 2.69 bits per heavy atom. The van der Waals surface area contributed by atoms with Gasteiger partial charge in [-0.3, -0.25) is 14.8 Å². The molecule has 3 N–H and O–H groups in total. The fourth-order valence-electron chi connectivity index (χ4n) is 3.04. The third-order valence-corrected chi connectivity index (χ3v) is 4.71. The van der Waals surface area contributed by atoms with Crippen LogP contribution in [0.4, 0.5) is 15.8 Å². The Labute approximate surface area is 186 Å². The first kappa shape index (κ1) is 22.9. The number of hydrogen-bond acceptors (Lipinski definition) is 6. The van der Waals surface area contributed by atoms with E-state index in [2.05, 4.69) is 27.2 Å². The van der Waals surface area contributed by atoms with Crippen molar-refractivity contribution < 1.29 is 19.0 Å². The summed E-state index contributed by atoms with van der Waals surface area (Å²) in [7, 11) is 1.51. The molecule has 3 aromatic rings. The number of methoxy groups -OCH3 is 1. The van der Waals surface area contributed by atoms with Crippen LogP contribution >= 0.6 is 0 Å². The molecule has 0 aliphatic carbocycles. The number of pyridine rings is 2. The van der Waals surface area contributed by atoms with E-state index < -0.39 is 11.9 Å². The Hall–Kier alpha value is -3.78. The molecule has 2 aromatic heterocycles. The van der Waals surface area contributed by atoms with Crippen LogP contribution in [0.5, 0.6) is 5.75 Å². The van der Waals surface area contributed by atoms with E-state index >= 15 is 0 Å². The van der Waals surface area contributed by atoms with Gasteiger partial charge in [0, 0.05) is 41.9 Å². The maximum atomic E-state index is 14.5. The molecule has 0 radical (unpaired) electrons. The Kier molecular flexibility index (Phi) is 7.17. The molecular weight excluding hydrogens is 411 g/mol. The second-order valence-corrected chi connectivity index (χ2v) is 7.35. The van der Waals surface area contributed by atoms with Gasteiger partial charge in [-0.05, 0) is 49.8 Å². The lowest BCUT2D eigenvalue weighted by molar-refractivity contribution is 0.0924. The number of anilines is 2. The predicted molar refractivity (Wildman–Crippen MR) is 122 cm³/mol. The number of ether oxygens (including phenoxy) is 1. The zero-order chi connectivity index (χ0) is 23.3. The summed E-state index contributed by atoms with van der Waals surface area (Å²) in [6, 6.07) is 7.78. The number of carbonyl (C=O) groups excluding carboxylic acids is 1. The van der Waals surface area contributed by atoms with Gasteiger partial charge in [0.15, 0.2) is 0 Å². The van der Waals surface area contributed by atoms with Crippen LogP contribution in [0.25, 0.3) is 16.8 Å². The summed E-state index contributed by atoms with van der Waals surface area (Å²) >= 11 is 0. The Balaban J connectivity index is 2.03. The largest absolute Gasteiger partial charge is 0.497 e. The molecule has 3 rings (SSSR count). The molecule has 1 atom stereocenters. The molecule has 0 unspecified atom stereocenters. The van der Waals surface area contributed by atoms with Gasteiger partial charge in [0.2, 0.25) is 0 Å². The molecule has 32 heavy (non-hydrogen) atoms. The Morgan fingerprint density at radius 1 is 1.22 bits per heavy atom. The van der Waals surface area contributed by atoms with Crippen LogP contribution in [-0.2, 0) is 0 Å². The monoisotopic (exact) mass is 436 g/mol. The number of nitrogens with one attached hydrogen (secondary N) is 2. The molecule has 166 valence electrons. The number of aliphatic hydroxyl groups excluding tert-OH is 1. The minimum absolute atomic E-state index is 0.110. The minimum atomic E-state index is -0.678. The summed E-state index contributed by atoms with van der Waals surface area (Å²) in [5.41, 5.74) is 3.52. The van der Waals surface area contributed by atoms with E-state index in [4.69, 9.17) is 4.74 Å². The molecule has 0 bridgehead atoms. The number of halogens is 1. The summed E-state index contributed by atoms with van der Waals surface area (Å²) in [5, 5.41) is 15.3. The first-order chi connectivity index (χ1) is 15.3. The van der Waals surface area contributed by atoms with Crippen molar-refractivity contribution in [2.45, 2.75) is 20.0 Å². The SMILES string of the molecule is C=C(C)c1cnc(-c2cc(OC)ccc2F)cc1Nc1ccncc1C(=O)NC[C@H](C)O. The normalized spacial score (nSPS) is 11.5. The molecule has 0 saturated heterocycles. The first-order valence-electron chi connectivity index (χ1n) is 9.97. The molecule has 2 heterocycles. The summed E-state index contributed by atoms with van der Waals surface area (Å²) in [4.78, 5) is 21.0. The minimum Gasteiger partial charge on any atom is -0.497 e. The molecule has 0 aliphatic rings. The number of allylic oxidation sites excluding steroid dienone is 1. The van der Waals surface area contributed by atoms with Crippen molar-refractivity contribution in [2.24, 2.45) is 0 Å². The number of aromatic nitrogens is 2. The first-order valence-corrected chi connectivity index (χ1v) is 9.97. The fraction of sp³-hybridized carbons (Fsp3) is 0.208. The van der Waals surface area contributed by atoms with Crippen molar-refractivity contribution in [3.05, 3.63) is 72.4 Å². The Bertz CT molecular complexity index is 1150. The van der Waals surface area contributed by atoms with Gasteiger partial charge >= 0.3 is 0 Å². The second kappa shape index (κ2) is 10.0. The number of carbonyl (C=O) groups is 1. The van der Waals surface area contributed by atoms with Gasteiger partial charge in [-0.2, -0.15) is 0 Å². The lowest BCUT2D eigenvalue weighted by Gasteiger charge is -2.16. The lowest BCUT2D eigenvalue weighted by atomic mass is 10.0. The van der Waals surface area contributed by atoms with Gasteiger partial charge in [0.05, 0.1) is 30.2 Å². The van der Waals surface area contributed by atoms with Crippen molar-refractivity contribution in [2.75, 3.05) is 19.0 Å². The standard InChI is InChI=1S/C24H25FN4O3/c1-14(2)18-13-27-22(17-9-16(32-4)5-6-20(17)25)10-23(18)29-21-7-8-26-12-19(21)24(31)28-11-15(3)30/h5-10,12-13,15,30H,1,11H2,2-4H3,(H,28,31)(H,26,27,29)/t15-/m0/s1. The van der Waals surface area contributed by atoms with E-state index in [0.717, 1.165) is 5.57 Å². The topological polar surface area (TPSA) is 96.4 Å². The predicted octanol–water partition coefficient (Wildman–Crippen LogP) is 4.18. The highest BCUT2D eigenvalue weighted by atomic mass is 19.1. The van der Waals surface area contributed by atoms with Crippen LogP contribution in [0.15, 0.2) is 55.5 Å². The molecule has 0 saturated carbocycles. The number of amides is 1. The highest BCUT2D eigenvalue weighted by Crippen LogP contribution is 2.32. The highest BCUT2D eigenvalue weighted by Gasteiger charge is 2.16. The van der Waals surface area contributed by atoms with Crippen molar-refractivity contribution in [3.8, 4) is 17.0 Å². The summed E-state index contributed by atoms with van der Waals surface area (Å²) in [6.45, 7) is 7.51. The van der Waals surface area contributed by atoms with Crippen molar-refractivity contribution >= 4 is 22.9 Å². The molecular formula is C24H25FN4O3. The summed E-state index contributed by atoms with van der Waals surface area (Å²) in [5.74, 6) is -0.311. The van der Waals surface area contributed by atoms with Gasteiger partial charge < -0.3 is 20.5 Å². The van der Waals surface area contributed by atoms with Crippen LogP contribution in [0.2, 0.25) is 0 Å². The van der Waals surface area contributed by atoms with E-state index in [0.29, 0.717) is 33.9 Å². The average Bonchev–Trinajstić information content (AvgIpc) is 2.78. The third kappa shape index (κ3) is 5.28. The fourth-order valence-corrected chi connectivity index (χ4v) is 3.04. The van der Waals surface area contributed by atoms with E-state index in [1.54, 1.807) is 37.5 Å². The molecule has 1 aromatic carbocycles. The Morgan fingerprint density at radius 2 is 2.00 bits per heavy atom. The zero-order valence-electron chi connectivity index (χ0n) is 18.1. The quantitative estimate of drug-likeness (QED) is 0.490. The smallest absolute Gasteiger partial charge is 0.255 e. The number of hydrogen-bond donors (Lipinski definition) is 3. The molecule has 0 spiro atoms. The zero-order valence-corrected chi connectivity index (χ0v) is 18.1. The number of benzene rings is 1. The highest BCUT2D eigenvalue weighted by molar-refractivity contribution is 6.00. The van der Waals surface area contributed by atoms with Crippen molar-refractivity contribution in [1.82, 2.24) is 15.3 Å². The van der Waals surface area contributed by atoms with Crippen LogP contribution in [-0.4, -0.2) is 40.7 Å². The molecule has 7 nitrogen and oxygen atoms in total. The summed E-state index contributed by atoms with van der Waals surface area (Å²) in [6.07, 6.45) is 3.91. The van der Waals surface area contributed by atoms with Crippen LogP contribution in [0, 0.1) is 5.82 Å². The van der Waals surface area contributed by atoms with Gasteiger partial charge in [-0.25, -0.2) is 4.39 Å². The molecule has 0 fully saturated rings. The van der Waals surface area contributed by atoms with E-state index in [1.165, 1.54) is 25.4 Å². The average molecular weight is 436 g/mol. The number of rotatable bonds is 8. The van der Waals surface area contributed by atoms with Gasteiger partial charge in [0.25, 0.3) is 5.91 Å². The van der Waals surface area contributed by atoms with Crippen LogP contribution in [0.3, 0.4) is 0 Å². The second-order valence-electron chi connectivity index (χ2n) is 7.35. The third-order valence-electron chi connectivity index (χ3n) is 4.71. The molecule has 8 heteroatoms. The van der Waals surface area contributed by atoms with Gasteiger partial charge in [-0.15, -0.1) is 0 Å². The molecule has 0 aliphatic heterocycles. The molecule has 1 amide bonds. The number of aliphatic hydroxyl groups is 1. The number of nitrogens with zero attached hydrogens (tertiary/aromatic N) is 2. The van der Waals surface area contributed by atoms with E-state index in [-0.39, 0.29) is 18.0 Å². The maximum Gasteiger partial charge on any atom is 0.255 e. The van der Waals surface area contributed by atoms with E-state index in [9.17, 15) is 14.3 Å². The summed E-state index contributed by atoms with van der Waals surface area (Å²) < 4.78 is 19.7. The lowest BCUT2D eigenvalue weighted by Crippen LogP contribution is -2.31. The van der Waals surface area contributed by atoms with E-state index in [1.807, 2.05) is 6.92 Å². The van der Waals surface area contributed by atoms with Crippen LogP contribution < -0.4 is 15.4 Å². The van der Waals surface area contributed by atoms with Gasteiger partial charge in [-0.1, -0.05) is 6.58 Å². The van der Waals surface area contributed by atoms with Crippen LogP contribution in [0.1, 0.15) is 29.8 Å².